The molecule has 0 aliphatic rings. The van der Waals surface area contributed by atoms with Gasteiger partial charge in [-0.1, -0.05) is 206 Å². The topological polar surface area (TPSA) is 48.5 Å². The molecule has 0 atom stereocenters. The Morgan fingerprint density at radius 1 is 0.265 bits per heavy atom. The summed E-state index contributed by atoms with van der Waals surface area (Å²) in [7, 11) is 0. The van der Waals surface area contributed by atoms with Crippen LogP contribution in [-0.2, 0) is 0 Å². The molecule has 0 bridgehead atoms. The van der Waals surface area contributed by atoms with Gasteiger partial charge in [-0.2, -0.15) is 9.97 Å². The zero-order valence-corrected chi connectivity index (χ0v) is 36.9. The summed E-state index contributed by atoms with van der Waals surface area (Å²) in [5.41, 5.74) is 16.4. The van der Waals surface area contributed by atoms with E-state index in [1.807, 2.05) is 18.2 Å². The van der Waals surface area contributed by atoms with Gasteiger partial charge in [0.25, 0.3) is 0 Å². The van der Waals surface area contributed by atoms with E-state index in [4.69, 9.17) is 15.0 Å². The highest BCUT2D eigenvalue weighted by atomic mass is 15.2. The number of rotatable bonds is 8. The summed E-state index contributed by atoms with van der Waals surface area (Å²) in [4.78, 5) is 16.0. The van der Waals surface area contributed by atoms with E-state index in [-0.39, 0.29) is 0 Å². The average Bonchev–Trinajstić information content (AvgIpc) is 3.95. The van der Waals surface area contributed by atoms with E-state index >= 15 is 0 Å². The van der Waals surface area contributed by atoms with Crippen molar-refractivity contribution in [3.05, 3.63) is 249 Å². The Morgan fingerprint density at radius 2 is 0.676 bits per heavy atom. The highest BCUT2D eigenvalue weighted by Crippen LogP contribution is 2.47. The molecule has 0 unspecified atom stereocenters. The van der Waals surface area contributed by atoms with Crippen molar-refractivity contribution in [1.82, 2.24) is 24.1 Å². The maximum absolute atomic E-state index is 5.42. The first-order valence-electron chi connectivity index (χ1n) is 23.0. The van der Waals surface area contributed by atoms with Crippen molar-refractivity contribution in [2.24, 2.45) is 0 Å². The Morgan fingerprint density at radius 3 is 1.26 bits per heavy atom. The van der Waals surface area contributed by atoms with Crippen molar-refractivity contribution in [3.63, 3.8) is 0 Å². The molecule has 3 heterocycles. The predicted molar refractivity (Wildman–Crippen MR) is 281 cm³/mol. The van der Waals surface area contributed by atoms with Gasteiger partial charge >= 0.3 is 0 Å². The van der Waals surface area contributed by atoms with Gasteiger partial charge in [-0.15, -0.1) is 0 Å². The van der Waals surface area contributed by atoms with Crippen molar-refractivity contribution in [3.8, 4) is 78.9 Å². The molecule has 10 aromatic carbocycles. The third-order valence-corrected chi connectivity index (χ3v) is 13.2. The number of benzene rings is 10. The molecular formula is C63H41N5. The van der Waals surface area contributed by atoms with Crippen molar-refractivity contribution >= 4 is 43.6 Å². The third kappa shape index (κ3) is 6.68. The molecule has 13 aromatic rings. The molecule has 0 aliphatic heterocycles. The SMILES string of the molecule is c1ccc(-c2cccc(-c3ccc(-c4nc(-c5ccccc5)nc(-n5c6ccccc6c6c5cc(-c5cccc(-c7ccccc7)c5)c5c7ccccc7n(-c7ccccc7)c56)n4)cc3)c2)cc1. The van der Waals surface area contributed by atoms with E-state index in [1.54, 1.807) is 0 Å². The quantitative estimate of drug-likeness (QED) is 0.153. The number of hydrogen-bond acceptors (Lipinski definition) is 3. The Labute approximate surface area is 393 Å². The van der Waals surface area contributed by atoms with E-state index in [0.717, 1.165) is 77.5 Å². The van der Waals surface area contributed by atoms with Gasteiger partial charge in [-0.3, -0.25) is 4.57 Å². The van der Waals surface area contributed by atoms with Crippen molar-refractivity contribution in [2.45, 2.75) is 0 Å². The van der Waals surface area contributed by atoms with Crippen LogP contribution in [0, 0.1) is 0 Å². The normalized spacial score (nSPS) is 11.5. The lowest BCUT2D eigenvalue weighted by atomic mass is 9.94. The van der Waals surface area contributed by atoms with Gasteiger partial charge in [-0.25, -0.2) is 4.98 Å². The molecule has 0 saturated heterocycles. The number of nitrogens with zero attached hydrogens (tertiary/aromatic N) is 5. The molecule has 68 heavy (non-hydrogen) atoms. The second kappa shape index (κ2) is 16.4. The van der Waals surface area contributed by atoms with Crippen LogP contribution in [0.1, 0.15) is 0 Å². The molecular weight excluding hydrogens is 827 g/mol. The Bertz CT molecular complexity index is 3990. The summed E-state index contributed by atoms with van der Waals surface area (Å²) in [5, 5.41) is 4.63. The first kappa shape index (κ1) is 39.2. The van der Waals surface area contributed by atoms with E-state index in [0.29, 0.717) is 17.6 Å². The van der Waals surface area contributed by atoms with Gasteiger partial charge in [0.05, 0.1) is 22.1 Å². The Hall–Kier alpha value is -9.19. The molecule has 0 N–H and O–H groups in total. The van der Waals surface area contributed by atoms with Crippen molar-refractivity contribution < 1.29 is 0 Å². The van der Waals surface area contributed by atoms with E-state index < -0.39 is 0 Å². The van der Waals surface area contributed by atoms with Gasteiger partial charge in [-0.05, 0) is 87.0 Å². The number of hydrogen-bond donors (Lipinski definition) is 0. The molecule has 3 aromatic heterocycles. The van der Waals surface area contributed by atoms with Crippen LogP contribution in [0.4, 0.5) is 0 Å². The van der Waals surface area contributed by atoms with Crippen LogP contribution in [0.5, 0.6) is 0 Å². The fourth-order valence-electron chi connectivity index (χ4n) is 10.0. The van der Waals surface area contributed by atoms with Gasteiger partial charge in [0, 0.05) is 38.4 Å². The second-order valence-corrected chi connectivity index (χ2v) is 17.2. The molecule has 0 amide bonds. The molecule has 0 spiro atoms. The fraction of sp³-hybridized carbons (Fsp3) is 0. The summed E-state index contributed by atoms with van der Waals surface area (Å²) >= 11 is 0. The summed E-state index contributed by atoms with van der Waals surface area (Å²) in [6, 6.07) is 88.2. The lowest BCUT2D eigenvalue weighted by Gasteiger charge is -2.14. The minimum atomic E-state index is 0.547. The average molecular weight is 868 g/mol. The molecule has 5 nitrogen and oxygen atoms in total. The Balaban J connectivity index is 1.08. The molecule has 5 heteroatoms. The van der Waals surface area contributed by atoms with Crippen molar-refractivity contribution in [2.75, 3.05) is 0 Å². The van der Waals surface area contributed by atoms with Crippen LogP contribution in [0.2, 0.25) is 0 Å². The Kier molecular flexibility index (Phi) is 9.43. The van der Waals surface area contributed by atoms with Crippen LogP contribution >= 0.6 is 0 Å². The lowest BCUT2D eigenvalue weighted by Crippen LogP contribution is -2.06. The first-order chi connectivity index (χ1) is 33.7. The minimum Gasteiger partial charge on any atom is -0.309 e. The van der Waals surface area contributed by atoms with E-state index in [1.165, 1.54) is 27.5 Å². The molecule has 0 fully saturated rings. The van der Waals surface area contributed by atoms with E-state index in [9.17, 15) is 0 Å². The number of para-hydroxylation sites is 3. The molecule has 0 radical (unpaired) electrons. The molecule has 318 valence electrons. The number of fused-ring (bicyclic) bond motifs is 7. The molecule has 13 rings (SSSR count). The largest absolute Gasteiger partial charge is 0.309 e. The maximum atomic E-state index is 5.42. The van der Waals surface area contributed by atoms with Gasteiger partial charge in [0.2, 0.25) is 5.95 Å². The summed E-state index contributed by atoms with van der Waals surface area (Å²) < 4.78 is 4.70. The highest BCUT2D eigenvalue weighted by Gasteiger charge is 2.26. The smallest absolute Gasteiger partial charge is 0.238 e. The maximum Gasteiger partial charge on any atom is 0.238 e. The van der Waals surface area contributed by atoms with Crippen LogP contribution in [0.25, 0.3) is 123 Å². The summed E-state index contributed by atoms with van der Waals surface area (Å²) in [6.45, 7) is 0. The van der Waals surface area contributed by atoms with Crippen LogP contribution in [0.15, 0.2) is 249 Å². The summed E-state index contributed by atoms with van der Waals surface area (Å²) in [6.07, 6.45) is 0. The lowest BCUT2D eigenvalue weighted by molar-refractivity contribution is 0.953. The fourth-order valence-corrected chi connectivity index (χ4v) is 10.0. The van der Waals surface area contributed by atoms with Crippen molar-refractivity contribution in [1.29, 1.82) is 0 Å². The van der Waals surface area contributed by atoms with E-state index in [2.05, 4.69) is 240 Å². The molecule has 0 aliphatic carbocycles. The second-order valence-electron chi connectivity index (χ2n) is 17.2. The van der Waals surface area contributed by atoms with Gasteiger partial charge in [0.1, 0.15) is 0 Å². The van der Waals surface area contributed by atoms with Crippen LogP contribution in [-0.4, -0.2) is 24.1 Å². The standard InChI is InChI=1S/C63H41N5/c1-5-19-42(20-6-1)47-25-17-26-48(39-47)44-35-37-46(38-36-44)62-64-61(45-23-9-3-10-24-45)65-63(66-62)68-56-34-16-14-32-53(56)59-57(68)41-54(50-28-18-27-49(40-50)43-21-7-2-8-22-43)58-52-31-13-15-33-55(52)67(60(58)59)51-29-11-4-12-30-51/h1-41H. The van der Waals surface area contributed by atoms with Crippen LogP contribution in [0.3, 0.4) is 0 Å². The zero-order chi connectivity index (χ0) is 45.0. The molecule has 0 saturated carbocycles. The van der Waals surface area contributed by atoms with Gasteiger partial charge < -0.3 is 4.57 Å². The van der Waals surface area contributed by atoms with Gasteiger partial charge in [0.15, 0.2) is 11.6 Å². The van der Waals surface area contributed by atoms with Crippen LogP contribution < -0.4 is 0 Å². The number of aromatic nitrogens is 5. The first-order valence-corrected chi connectivity index (χ1v) is 23.0. The monoisotopic (exact) mass is 867 g/mol. The zero-order valence-electron chi connectivity index (χ0n) is 36.9. The highest BCUT2D eigenvalue weighted by molar-refractivity contribution is 6.29. The summed E-state index contributed by atoms with van der Waals surface area (Å²) in [5.74, 6) is 1.75. The minimum absolute atomic E-state index is 0.547. The third-order valence-electron chi connectivity index (χ3n) is 13.2. The predicted octanol–water partition coefficient (Wildman–Crippen LogP) is 16.1.